The van der Waals surface area contributed by atoms with Gasteiger partial charge in [-0.05, 0) is 0 Å². The molecule has 16 heavy (non-hydrogen) atoms. The van der Waals surface area contributed by atoms with Crippen molar-refractivity contribution in [2.24, 2.45) is 5.28 Å². The van der Waals surface area contributed by atoms with Crippen molar-refractivity contribution in [1.29, 1.82) is 0 Å². The fourth-order valence-corrected chi connectivity index (χ4v) is 1.06. The summed E-state index contributed by atoms with van der Waals surface area (Å²) in [5.41, 5.74) is 0. The summed E-state index contributed by atoms with van der Waals surface area (Å²) in [6.07, 6.45) is 0.382. The van der Waals surface area contributed by atoms with Crippen molar-refractivity contribution in [2.75, 3.05) is 13.3 Å². The molecule has 1 heterocycles. The Balaban J connectivity index is 2.33. The van der Waals surface area contributed by atoms with Crippen LogP contribution in [0.25, 0.3) is 0 Å². The van der Waals surface area contributed by atoms with Crippen LogP contribution in [-0.2, 0) is 19.2 Å². The summed E-state index contributed by atoms with van der Waals surface area (Å²) in [7, 11) is 0. The Hall–Kier alpha value is -2.06. The van der Waals surface area contributed by atoms with Gasteiger partial charge in [0.25, 0.3) is 6.79 Å². The van der Waals surface area contributed by atoms with E-state index in [1.165, 1.54) is 6.92 Å². The van der Waals surface area contributed by atoms with E-state index in [9.17, 15) is 14.8 Å². The van der Waals surface area contributed by atoms with Gasteiger partial charge >= 0.3 is 11.9 Å². The van der Waals surface area contributed by atoms with Crippen LogP contribution in [-0.4, -0.2) is 46.4 Å². The van der Waals surface area contributed by atoms with Crippen LogP contribution in [0, 0.1) is 5.21 Å². The number of aliphatic carboxylic acids is 1. The van der Waals surface area contributed by atoms with Crippen molar-refractivity contribution >= 4 is 11.9 Å². The van der Waals surface area contributed by atoms with Gasteiger partial charge in [-0.2, -0.15) is 0 Å². The molecule has 1 aliphatic rings. The summed E-state index contributed by atoms with van der Waals surface area (Å²) < 4.78 is 4.34. The zero-order valence-corrected chi connectivity index (χ0v) is 8.53. The molecule has 0 aromatic rings. The Labute approximate surface area is 90.4 Å². The average molecular weight is 233 g/mol. The Kier molecular flexibility index (Phi) is 3.86. The normalized spacial score (nSPS) is 19.9. The minimum atomic E-state index is -1.10. The van der Waals surface area contributed by atoms with Gasteiger partial charge in [-0.15, -0.1) is 5.01 Å². The number of carboxylic acids is 1. The second-order valence-corrected chi connectivity index (χ2v) is 3.02. The van der Waals surface area contributed by atoms with Crippen LogP contribution in [0.15, 0.2) is 5.28 Å². The summed E-state index contributed by atoms with van der Waals surface area (Å²) in [5, 5.41) is 23.8. The van der Waals surface area contributed by atoms with Gasteiger partial charge in [-0.3, -0.25) is 4.79 Å². The van der Waals surface area contributed by atoms with Crippen LogP contribution < -0.4 is 0 Å². The Bertz CT molecular complexity index is 317. The van der Waals surface area contributed by atoms with Gasteiger partial charge in [0.2, 0.25) is 5.28 Å². The van der Waals surface area contributed by atoms with Crippen molar-refractivity contribution in [3.8, 4) is 0 Å². The van der Waals surface area contributed by atoms with Gasteiger partial charge in [0.1, 0.15) is 0 Å². The van der Waals surface area contributed by atoms with Gasteiger partial charge in [0.15, 0.2) is 6.04 Å². The zero-order valence-electron chi connectivity index (χ0n) is 8.53. The minimum Gasteiger partial charge on any atom is -0.569 e. The number of hydrogen-bond donors (Lipinski definition) is 1. The van der Waals surface area contributed by atoms with Crippen LogP contribution in [0.3, 0.4) is 0 Å². The smallest absolute Gasteiger partial charge is 0.332 e. The van der Waals surface area contributed by atoms with E-state index >= 15 is 0 Å². The van der Waals surface area contributed by atoms with E-state index in [1.54, 1.807) is 0 Å². The van der Waals surface area contributed by atoms with Crippen LogP contribution in [0.5, 0.6) is 0 Å². The average Bonchev–Trinajstić information content (AvgIpc) is 2.09. The molecular formula is C7H11N3O6. The number of carboxylic acid groups (broad SMARTS) is 1. The van der Waals surface area contributed by atoms with E-state index in [-0.39, 0.29) is 4.97 Å². The Morgan fingerprint density at radius 3 is 2.81 bits per heavy atom. The molecular weight excluding hydrogens is 222 g/mol. The Morgan fingerprint density at radius 1 is 1.69 bits per heavy atom. The fourth-order valence-electron chi connectivity index (χ4n) is 1.06. The minimum absolute atomic E-state index is 0.0335. The Morgan fingerprint density at radius 2 is 2.38 bits per heavy atom. The number of nitrogens with zero attached hydrogens (tertiary/aromatic N) is 3. The molecule has 1 rings (SSSR count). The maximum atomic E-state index is 11.1. The molecule has 9 nitrogen and oxygen atoms in total. The maximum absolute atomic E-state index is 11.1. The van der Waals surface area contributed by atoms with Gasteiger partial charge in [-0.25, -0.2) is 4.79 Å². The number of esters is 1. The van der Waals surface area contributed by atoms with Crippen LogP contribution in [0.2, 0.25) is 0 Å². The highest BCUT2D eigenvalue weighted by molar-refractivity contribution is 5.74. The second-order valence-electron chi connectivity index (χ2n) is 3.02. The number of ether oxygens (including phenoxy) is 1. The molecule has 1 saturated heterocycles. The van der Waals surface area contributed by atoms with Gasteiger partial charge in [-0.1, -0.05) is 0 Å². The van der Waals surface area contributed by atoms with E-state index in [2.05, 4.69) is 14.9 Å². The number of hydrazine groups is 1. The predicted octanol–water partition coefficient (Wildman–Crippen LogP) is -0.525. The molecule has 1 atom stereocenters. The summed E-state index contributed by atoms with van der Waals surface area (Å²) in [6.45, 7) is 0.981. The van der Waals surface area contributed by atoms with Crippen molar-refractivity contribution in [3.63, 3.8) is 0 Å². The van der Waals surface area contributed by atoms with Crippen LogP contribution in [0.4, 0.5) is 0 Å². The lowest BCUT2D eigenvalue weighted by atomic mass is 10.1. The third kappa shape index (κ3) is 2.97. The number of carbonyl (C=O) groups excluding carboxylic acids is 1. The van der Waals surface area contributed by atoms with E-state index in [4.69, 9.17) is 5.11 Å². The monoisotopic (exact) mass is 233 g/mol. The molecule has 0 aromatic carbocycles. The van der Waals surface area contributed by atoms with E-state index in [0.29, 0.717) is 13.0 Å². The van der Waals surface area contributed by atoms with E-state index in [0.717, 1.165) is 5.01 Å². The highest BCUT2D eigenvalue weighted by Gasteiger charge is 2.41. The molecule has 0 aliphatic carbocycles. The third-order valence-electron chi connectivity index (χ3n) is 1.94. The number of rotatable bonds is 5. The standard InChI is InChI=1S/C7H11N3O6/c1-5(11)15-4-16-8-10(14)9-3-2-6(9)7(12)13/h6H,2-4H2,1H3,(H,12,13)/t6-/m0/s1. The van der Waals surface area contributed by atoms with Crippen molar-refractivity contribution in [2.45, 2.75) is 19.4 Å². The molecule has 0 amide bonds. The summed E-state index contributed by atoms with van der Waals surface area (Å²) in [5.74, 6) is -1.66. The topological polar surface area (TPSA) is 114 Å². The molecule has 9 heteroatoms. The lowest BCUT2D eigenvalue weighted by Crippen LogP contribution is -2.55. The summed E-state index contributed by atoms with van der Waals surface area (Å²) in [6, 6.07) is -0.876. The molecule has 1 N–H and O–H groups in total. The highest BCUT2D eigenvalue weighted by atomic mass is 16.8. The largest absolute Gasteiger partial charge is 0.569 e. The zero-order chi connectivity index (χ0) is 12.1. The lowest BCUT2D eigenvalue weighted by Gasteiger charge is -2.31. The first-order chi connectivity index (χ1) is 7.52. The molecule has 1 fully saturated rings. The molecule has 0 spiro atoms. The lowest BCUT2D eigenvalue weighted by molar-refractivity contribution is -0.729. The number of carbonyl (C=O) groups is 2. The maximum Gasteiger partial charge on any atom is 0.332 e. The molecule has 1 aliphatic heterocycles. The first-order valence-corrected chi connectivity index (χ1v) is 4.45. The van der Waals surface area contributed by atoms with Crippen LogP contribution in [0.1, 0.15) is 13.3 Å². The first-order valence-electron chi connectivity index (χ1n) is 4.45. The van der Waals surface area contributed by atoms with Crippen molar-refractivity contribution < 1.29 is 29.2 Å². The molecule has 0 saturated carbocycles. The van der Waals surface area contributed by atoms with E-state index < -0.39 is 24.8 Å². The summed E-state index contributed by atoms with van der Waals surface area (Å²) >= 11 is 0. The molecule has 0 unspecified atom stereocenters. The van der Waals surface area contributed by atoms with Crippen molar-refractivity contribution in [3.05, 3.63) is 5.21 Å². The van der Waals surface area contributed by atoms with Crippen LogP contribution >= 0.6 is 0 Å². The predicted molar refractivity (Wildman–Crippen MR) is 46.5 cm³/mol. The number of hydrogen-bond acceptors (Lipinski definition) is 6. The molecule has 0 aromatic heterocycles. The molecule has 0 radical (unpaired) electrons. The SMILES string of the molecule is CC(=O)OCON=[N+]([O-])N1CC[C@H]1C(=O)O. The summed E-state index contributed by atoms with van der Waals surface area (Å²) in [4.78, 5) is 25.2. The van der Waals surface area contributed by atoms with Crippen molar-refractivity contribution in [1.82, 2.24) is 5.01 Å². The second kappa shape index (κ2) is 5.14. The quantitative estimate of drug-likeness (QED) is 0.169. The van der Waals surface area contributed by atoms with Gasteiger partial charge < -0.3 is 19.9 Å². The van der Waals surface area contributed by atoms with Gasteiger partial charge in [0, 0.05) is 13.3 Å². The third-order valence-corrected chi connectivity index (χ3v) is 1.94. The fraction of sp³-hybridized carbons (Fsp3) is 0.714. The molecule has 90 valence electrons. The highest BCUT2D eigenvalue weighted by Crippen LogP contribution is 2.17. The first kappa shape index (κ1) is 12.0. The van der Waals surface area contributed by atoms with Gasteiger partial charge in [0.05, 0.1) is 11.5 Å². The van der Waals surface area contributed by atoms with E-state index in [1.807, 2.05) is 0 Å². The molecule has 0 bridgehead atoms.